The fraction of sp³-hybridized carbons (Fsp3) is 0.423. The zero-order valence-electron chi connectivity index (χ0n) is 19.1. The highest BCUT2D eigenvalue weighted by Crippen LogP contribution is 2.43. The number of allylic oxidation sites excluding steroid dienone is 2. The summed E-state index contributed by atoms with van der Waals surface area (Å²) in [5, 5.41) is 30.7. The van der Waals surface area contributed by atoms with Crippen LogP contribution in [-0.4, -0.2) is 21.3 Å². The van der Waals surface area contributed by atoms with Crippen LogP contribution < -0.4 is 0 Å². The van der Waals surface area contributed by atoms with Crippen LogP contribution in [-0.2, 0) is 21.0 Å². The molecule has 0 aliphatic rings. The van der Waals surface area contributed by atoms with Gasteiger partial charge in [-0.2, -0.15) is 0 Å². The summed E-state index contributed by atoms with van der Waals surface area (Å²) >= 11 is 0. The highest BCUT2D eigenvalue weighted by molar-refractivity contribution is 5.72. The number of phenols is 2. The Balaban J connectivity index is 2.90. The third-order valence-electron chi connectivity index (χ3n) is 5.52. The Hall–Kier alpha value is -2.75. The van der Waals surface area contributed by atoms with Crippen molar-refractivity contribution in [2.24, 2.45) is 0 Å². The molecule has 0 heterocycles. The molecule has 0 radical (unpaired) electrons. The summed E-state index contributed by atoms with van der Waals surface area (Å²) in [6, 6.07) is 10.7. The number of benzene rings is 2. The maximum Gasteiger partial charge on any atom is 0.304 e. The van der Waals surface area contributed by atoms with E-state index in [1.165, 1.54) is 0 Å². The molecule has 2 aromatic rings. The standard InChI is InChI=1S/C26H34O4/c1-8-13-26(16-23(29)30,17-9-11-21(27)19(14-17)24(2,3)4)18-10-12-22(28)20(15-18)25(5,6)7/h8-15,27-28H,16H2,1-7H3,(H,29,30). The molecule has 0 unspecified atom stereocenters. The minimum atomic E-state index is -0.942. The van der Waals surface area contributed by atoms with E-state index in [-0.39, 0.29) is 28.7 Å². The molecule has 3 N–H and O–H groups in total. The number of carbonyl (C=O) groups is 1. The van der Waals surface area contributed by atoms with Crippen molar-refractivity contribution in [3.63, 3.8) is 0 Å². The maximum atomic E-state index is 12.0. The molecule has 4 heteroatoms. The molecule has 4 nitrogen and oxygen atoms in total. The van der Waals surface area contributed by atoms with Crippen molar-refractivity contribution in [2.45, 2.75) is 71.1 Å². The minimum Gasteiger partial charge on any atom is -0.508 e. The molecule has 2 rings (SSSR count). The molecule has 0 saturated carbocycles. The van der Waals surface area contributed by atoms with Gasteiger partial charge in [0.15, 0.2) is 0 Å². The van der Waals surface area contributed by atoms with E-state index < -0.39 is 11.4 Å². The van der Waals surface area contributed by atoms with Gasteiger partial charge in [0.2, 0.25) is 0 Å². The van der Waals surface area contributed by atoms with Gasteiger partial charge in [0, 0.05) is 5.41 Å². The molecular weight excluding hydrogens is 376 g/mol. The Morgan fingerprint density at radius 3 is 1.53 bits per heavy atom. The number of carboxylic acids is 1. The van der Waals surface area contributed by atoms with Gasteiger partial charge in [0.25, 0.3) is 0 Å². The summed E-state index contributed by atoms with van der Waals surface area (Å²) in [7, 11) is 0. The topological polar surface area (TPSA) is 77.8 Å². The molecule has 0 fully saturated rings. The van der Waals surface area contributed by atoms with Gasteiger partial charge in [-0.1, -0.05) is 78.0 Å². The Labute approximate surface area is 179 Å². The molecule has 0 aromatic heterocycles. The largest absolute Gasteiger partial charge is 0.508 e. The van der Waals surface area contributed by atoms with Crippen LogP contribution in [0, 0.1) is 0 Å². The third-order valence-corrected chi connectivity index (χ3v) is 5.52. The summed E-state index contributed by atoms with van der Waals surface area (Å²) in [4.78, 5) is 12.0. The van der Waals surface area contributed by atoms with E-state index in [1.807, 2.05) is 72.8 Å². The second-order valence-electron chi connectivity index (χ2n) is 10.0. The van der Waals surface area contributed by atoms with E-state index in [0.29, 0.717) is 0 Å². The van der Waals surface area contributed by atoms with Crippen molar-refractivity contribution in [1.29, 1.82) is 0 Å². The number of aliphatic carboxylic acids is 1. The predicted octanol–water partition coefficient (Wildman–Crippen LogP) is 6.03. The summed E-state index contributed by atoms with van der Waals surface area (Å²) in [6.45, 7) is 13.9. The lowest BCUT2D eigenvalue weighted by Crippen LogP contribution is -2.30. The smallest absolute Gasteiger partial charge is 0.304 e. The highest BCUT2D eigenvalue weighted by atomic mass is 16.4. The lowest BCUT2D eigenvalue weighted by Gasteiger charge is -2.34. The van der Waals surface area contributed by atoms with E-state index >= 15 is 0 Å². The van der Waals surface area contributed by atoms with Crippen molar-refractivity contribution in [2.75, 3.05) is 0 Å². The molecule has 0 spiro atoms. The SMILES string of the molecule is CC=CC(CC(=O)O)(c1ccc(O)c(C(C)(C)C)c1)c1ccc(O)c(C(C)(C)C)c1. The average Bonchev–Trinajstić information content (AvgIpc) is 2.59. The van der Waals surface area contributed by atoms with Crippen LogP contribution in [0.5, 0.6) is 11.5 Å². The van der Waals surface area contributed by atoms with Crippen LogP contribution in [0.1, 0.15) is 77.1 Å². The fourth-order valence-corrected chi connectivity index (χ4v) is 3.97. The van der Waals surface area contributed by atoms with Gasteiger partial charge in [-0.3, -0.25) is 4.79 Å². The van der Waals surface area contributed by atoms with E-state index in [2.05, 4.69) is 0 Å². The van der Waals surface area contributed by atoms with Gasteiger partial charge < -0.3 is 15.3 Å². The van der Waals surface area contributed by atoms with Crippen LogP contribution in [0.15, 0.2) is 48.6 Å². The minimum absolute atomic E-state index is 0.153. The first kappa shape index (κ1) is 23.5. The van der Waals surface area contributed by atoms with E-state index in [4.69, 9.17) is 0 Å². The Bertz CT molecular complexity index is 892. The number of rotatable bonds is 5. The van der Waals surface area contributed by atoms with Gasteiger partial charge >= 0.3 is 5.97 Å². The Morgan fingerprint density at radius 2 is 1.23 bits per heavy atom. The molecule has 0 bridgehead atoms. The fourth-order valence-electron chi connectivity index (χ4n) is 3.97. The second-order valence-corrected chi connectivity index (χ2v) is 10.0. The molecule has 0 aliphatic heterocycles. The molecule has 0 amide bonds. The van der Waals surface area contributed by atoms with E-state index in [0.717, 1.165) is 22.3 Å². The van der Waals surface area contributed by atoms with Crippen LogP contribution in [0.2, 0.25) is 0 Å². The first-order valence-electron chi connectivity index (χ1n) is 10.3. The lowest BCUT2D eigenvalue weighted by atomic mass is 9.69. The van der Waals surface area contributed by atoms with Crippen molar-refractivity contribution in [3.8, 4) is 11.5 Å². The van der Waals surface area contributed by atoms with E-state index in [9.17, 15) is 20.1 Å². The molecule has 2 aromatic carbocycles. The van der Waals surface area contributed by atoms with Gasteiger partial charge in [-0.05, 0) is 52.1 Å². The molecular formula is C26H34O4. The number of carboxylic acid groups (broad SMARTS) is 1. The van der Waals surface area contributed by atoms with E-state index in [1.54, 1.807) is 24.3 Å². The highest BCUT2D eigenvalue weighted by Gasteiger charge is 2.36. The zero-order chi connectivity index (χ0) is 22.9. The van der Waals surface area contributed by atoms with Crippen molar-refractivity contribution in [1.82, 2.24) is 0 Å². The summed E-state index contributed by atoms with van der Waals surface area (Å²) in [6.07, 6.45) is 3.61. The number of hydrogen-bond acceptors (Lipinski definition) is 3. The van der Waals surface area contributed by atoms with Gasteiger partial charge in [-0.15, -0.1) is 0 Å². The van der Waals surface area contributed by atoms with Crippen molar-refractivity contribution >= 4 is 5.97 Å². The summed E-state index contributed by atoms with van der Waals surface area (Å²) < 4.78 is 0. The van der Waals surface area contributed by atoms with Gasteiger partial charge in [0.05, 0.1) is 6.42 Å². The lowest BCUT2D eigenvalue weighted by molar-refractivity contribution is -0.137. The van der Waals surface area contributed by atoms with Gasteiger partial charge in [-0.25, -0.2) is 0 Å². The first-order valence-corrected chi connectivity index (χ1v) is 10.3. The zero-order valence-corrected chi connectivity index (χ0v) is 19.1. The van der Waals surface area contributed by atoms with Crippen molar-refractivity contribution < 1.29 is 20.1 Å². The predicted molar refractivity (Wildman–Crippen MR) is 121 cm³/mol. The number of hydrogen-bond donors (Lipinski definition) is 3. The molecule has 0 atom stereocenters. The molecule has 30 heavy (non-hydrogen) atoms. The van der Waals surface area contributed by atoms with Gasteiger partial charge in [0.1, 0.15) is 11.5 Å². The number of phenolic OH excluding ortho intramolecular Hbond substituents is 2. The second kappa shape index (κ2) is 8.17. The average molecular weight is 411 g/mol. The maximum absolute atomic E-state index is 12.0. The van der Waals surface area contributed by atoms with Crippen LogP contribution >= 0.6 is 0 Å². The Morgan fingerprint density at radius 1 is 0.833 bits per heavy atom. The Kier molecular flexibility index (Phi) is 6.41. The molecule has 0 saturated heterocycles. The van der Waals surface area contributed by atoms with Crippen LogP contribution in [0.4, 0.5) is 0 Å². The quantitative estimate of drug-likeness (QED) is 0.526. The molecule has 0 aliphatic carbocycles. The first-order chi connectivity index (χ1) is 13.7. The third kappa shape index (κ3) is 4.69. The monoisotopic (exact) mass is 410 g/mol. The normalized spacial score (nSPS) is 13.0. The molecule has 162 valence electrons. The summed E-state index contributed by atoms with van der Waals surface area (Å²) in [5.41, 5.74) is 1.53. The summed E-state index contributed by atoms with van der Waals surface area (Å²) in [5.74, 6) is -0.544. The van der Waals surface area contributed by atoms with Crippen LogP contribution in [0.3, 0.4) is 0 Å². The van der Waals surface area contributed by atoms with Crippen LogP contribution in [0.25, 0.3) is 0 Å². The van der Waals surface area contributed by atoms with Crippen molar-refractivity contribution in [3.05, 3.63) is 70.8 Å². The number of aromatic hydroxyl groups is 2.